The van der Waals surface area contributed by atoms with Crippen LogP contribution in [0.25, 0.3) is 0 Å². The van der Waals surface area contributed by atoms with E-state index in [1.807, 2.05) is 44.9 Å². The molecule has 0 heterocycles. The van der Waals surface area contributed by atoms with Crippen LogP contribution in [0.2, 0.25) is 0 Å². The number of rotatable bonds is 56. The van der Waals surface area contributed by atoms with Crippen LogP contribution in [0.5, 0.6) is 0 Å². The minimum absolute atomic E-state index is 0.131. The summed E-state index contributed by atoms with van der Waals surface area (Å²) in [6, 6.07) is 0. The summed E-state index contributed by atoms with van der Waals surface area (Å²) in [5, 5.41) is 32.8. The number of carbonyl (C=O) groups is 10. The van der Waals surface area contributed by atoms with Gasteiger partial charge < -0.3 is 89.2 Å². The molecule has 4 unspecified atom stereocenters. The Bertz CT molecular complexity index is 1820. The minimum atomic E-state index is -1.26. The van der Waals surface area contributed by atoms with Crippen LogP contribution in [0.3, 0.4) is 0 Å². The first-order valence-electron chi connectivity index (χ1n) is 29.5. The lowest BCUT2D eigenvalue weighted by molar-refractivity contribution is -0.144. The zero-order chi connectivity index (χ0) is 61.2. The molecule has 4 atom stereocenters. The number of ether oxygens (including phenoxy) is 2. The normalized spacial score (nSPS) is 12.7. The van der Waals surface area contributed by atoms with Crippen molar-refractivity contribution in [2.75, 3.05) is 179 Å². The Morgan fingerprint density at radius 3 is 1.15 bits per heavy atom. The monoisotopic (exact) mass is 1170 g/mol. The van der Waals surface area contributed by atoms with Gasteiger partial charge in [-0.3, -0.25) is 47.9 Å². The predicted octanol–water partition coefficient (Wildman–Crippen LogP) is -3.87. The van der Waals surface area contributed by atoms with Gasteiger partial charge in [0.2, 0.25) is 29.5 Å². The quantitative estimate of drug-likeness (QED) is 0.0205. The number of amides is 5. The SMILES string of the molecule is CCCCNC(=O)C(CC(=O)CC(CC(=O)C(CC(=O)CC(CC)C(=O)NCCNCCNCCC(=O)OCCN(C)C)CC(=O)NCCNCCNCCC(=O)OCCN(C)C)C(=O)NCCNCCN)CC(=O)NCCNCCN. The Kier molecular flexibility index (Phi) is 48.3. The highest BCUT2D eigenvalue weighted by Gasteiger charge is 2.33. The Labute approximate surface area is 488 Å². The van der Waals surface area contributed by atoms with E-state index in [9.17, 15) is 47.9 Å². The molecule has 474 valence electrons. The van der Waals surface area contributed by atoms with Crippen LogP contribution in [0.15, 0.2) is 0 Å². The molecule has 15 N–H and O–H groups in total. The molecule has 0 fully saturated rings. The standard InChI is InChI=1S/C55H107N15O12/c1-7-9-14-66-55(80)45(41-50(75)65-27-23-60-17-12-56)38-47(72)37-44(54(79)68-29-25-61-18-13-57)39-48(73)43(40-49(74)64-28-24-62-21-19-58-15-10-51(76)81-33-31-69(3)4)36-46(71)35-42(8-2)53(78)67-30-26-63-22-20-59-16-11-52(77)82-34-32-70(5)6/h42-45,58-63H,7-41,56-57H2,1-6H3,(H,64,74)(H,65,75)(H,66,80)(H,67,78)(H,68,79). The molecular weight excluding hydrogens is 1060 g/mol. The minimum Gasteiger partial charge on any atom is -0.464 e. The van der Waals surface area contributed by atoms with E-state index in [4.69, 9.17) is 20.9 Å². The van der Waals surface area contributed by atoms with Gasteiger partial charge in [-0.2, -0.15) is 0 Å². The van der Waals surface area contributed by atoms with Crippen molar-refractivity contribution >= 4 is 58.8 Å². The molecule has 5 amide bonds. The summed E-state index contributed by atoms with van der Waals surface area (Å²) in [6.07, 6.45) is -0.456. The second-order valence-corrected chi connectivity index (χ2v) is 20.7. The summed E-state index contributed by atoms with van der Waals surface area (Å²) in [5.74, 6) is -8.88. The van der Waals surface area contributed by atoms with Gasteiger partial charge in [0.25, 0.3) is 0 Å². The Morgan fingerprint density at radius 2 is 0.732 bits per heavy atom. The molecule has 82 heavy (non-hydrogen) atoms. The molecule has 27 nitrogen and oxygen atoms in total. The van der Waals surface area contributed by atoms with Crippen LogP contribution in [0.1, 0.15) is 90.9 Å². The van der Waals surface area contributed by atoms with E-state index in [2.05, 4.69) is 58.5 Å². The first-order chi connectivity index (χ1) is 39.4. The lowest BCUT2D eigenvalue weighted by Gasteiger charge is -2.22. The molecular formula is C55H107N15O12. The van der Waals surface area contributed by atoms with Crippen LogP contribution in [-0.4, -0.2) is 247 Å². The lowest BCUT2D eigenvalue weighted by Crippen LogP contribution is -2.41. The molecule has 0 radical (unpaired) electrons. The summed E-state index contributed by atoms with van der Waals surface area (Å²) in [5.41, 5.74) is 11.1. The Hall–Kier alpha value is -5.10. The maximum Gasteiger partial charge on any atom is 0.307 e. The fourth-order valence-electron chi connectivity index (χ4n) is 7.97. The van der Waals surface area contributed by atoms with Crippen LogP contribution in [-0.2, 0) is 57.4 Å². The molecule has 0 aromatic carbocycles. The molecule has 0 aromatic rings. The van der Waals surface area contributed by atoms with Gasteiger partial charge in [-0.05, 0) is 41.0 Å². The maximum absolute atomic E-state index is 14.5. The molecule has 0 aliphatic rings. The number of unbranched alkanes of at least 4 members (excludes halogenated alkanes) is 1. The van der Waals surface area contributed by atoms with E-state index in [0.29, 0.717) is 137 Å². The average Bonchev–Trinajstić information content (AvgIpc) is 3.44. The molecule has 27 heteroatoms. The summed E-state index contributed by atoms with van der Waals surface area (Å²) < 4.78 is 10.4. The van der Waals surface area contributed by atoms with Crippen molar-refractivity contribution in [3.05, 3.63) is 0 Å². The summed E-state index contributed by atoms with van der Waals surface area (Å²) >= 11 is 0. The van der Waals surface area contributed by atoms with E-state index in [1.54, 1.807) is 6.92 Å². The molecule has 0 rings (SSSR count). The fraction of sp³-hybridized carbons (Fsp3) is 0.818. The Morgan fingerprint density at radius 1 is 0.390 bits per heavy atom. The van der Waals surface area contributed by atoms with E-state index in [-0.39, 0.29) is 69.7 Å². The molecule has 0 saturated heterocycles. The topological polar surface area (TPSA) is 380 Å². The third-order valence-corrected chi connectivity index (χ3v) is 12.8. The van der Waals surface area contributed by atoms with Crippen molar-refractivity contribution in [2.24, 2.45) is 35.1 Å². The average molecular weight is 1170 g/mol. The van der Waals surface area contributed by atoms with Crippen LogP contribution in [0.4, 0.5) is 0 Å². The fourth-order valence-corrected chi connectivity index (χ4v) is 7.97. The van der Waals surface area contributed by atoms with Gasteiger partial charge in [-0.1, -0.05) is 20.3 Å². The highest BCUT2D eigenvalue weighted by molar-refractivity contribution is 5.97. The number of esters is 2. The molecule has 0 bridgehead atoms. The number of ketones is 3. The van der Waals surface area contributed by atoms with E-state index in [0.717, 1.165) is 6.42 Å². The van der Waals surface area contributed by atoms with E-state index in [1.165, 1.54) is 0 Å². The van der Waals surface area contributed by atoms with Gasteiger partial charge >= 0.3 is 11.9 Å². The van der Waals surface area contributed by atoms with Crippen LogP contribution < -0.4 is 70.0 Å². The third-order valence-electron chi connectivity index (χ3n) is 12.8. The zero-order valence-electron chi connectivity index (χ0n) is 50.5. The smallest absolute Gasteiger partial charge is 0.307 e. The second-order valence-electron chi connectivity index (χ2n) is 20.7. The van der Waals surface area contributed by atoms with Crippen molar-refractivity contribution in [2.45, 2.75) is 90.9 Å². The molecule has 0 saturated carbocycles. The molecule has 0 aromatic heterocycles. The Balaban J connectivity index is 6.09. The summed E-state index contributed by atoms with van der Waals surface area (Å²) in [6.45, 7) is 13.4. The number of nitrogens with zero attached hydrogens (tertiary/aromatic N) is 2. The summed E-state index contributed by atoms with van der Waals surface area (Å²) in [4.78, 5) is 137. The number of hydrogen-bond acceptors (Lipinski definition) is 22. The number of nitrogens with one attached hydrogen (secondary N) is 11. The molecule has 0 spiro atoms. The maximum atomic E-state index is 14.5. The van der Waals surface area contributed by atoms with Crippen molar-refractivity contribution in [1.82, 2.24) is 68.3 Å². The first kappa shape index (κ1) is 76.9. The zero-order valence-corrected chi connectivity index (χ0v) is 50.5. The number of carbonyl (C=O) groups excluding carboxylic acids is 10. The van der Waals surface area contributed by atoms with E-state index >= 15 is 0 Å². The van der Waals surface area contributed by atoms with Crippen molar-refractivity contribution in [1.29, 1.82) is 0 Å². The second kappa shape index (κ2) is 51.5. The predicted molar refractivity (Wildman–Crippen MR) is 315 cm³/mol. The van der Waals surface area contributed by atoms with Gasteiger partial charge in [0, 0.05) is 194 Å². The van der Waals surface area contributed by atoms with Gasteiger partial charge in [0.05, 0.1) is 24.7 Å². The number of nitrogens with two attached hydrogens (primary N) is 2. The highest BCUT2D eigenvalue weighted by atomic mass is 16.5. The number of likely N-dealkylation sites (N-methyl/N-ethyl adjacent to an activating group) is 2. The van der Waals surface area contributed by atoms with Crippen molar-refractivity contribution in [3.63, 3.8) is 0 Å². The lowest BCUT2D eigenvalue weighted by atomic mass is 9.83. The van der Waals surface area contributed by atoms with Crippen LogP contribution >= 0.6 is 0 Å². The van der Waals surface area contributed by atoms with Crippen LogP contribution in [0, 0.1) is 23.7 Å². The first-order valence-corrected chi connectivity index (χ1v) is 29.5. The highest BCUT2D eigenvalue weighted by Crippen LogP contribution is 2.23. The van der Waals surface area contributed by atoms with E-state index < -0.39 is 96.8 Å². The van der Waals surface area contributed by atoms with Gasteiger partial charge in [0.1, 0.15) is 30.6 Å². The molecule has 0 aliphatic heterocycles. The number of Topliss-reactive ketones (excluding diaryl/α,β-unsaturated/α-hetero) is 3. The van der Waals surface area contributed by atoms with Crippen molar-refractivity contribution < 1.29 is 57.4 Å². The number of hydrogen-bond donors (Lipinski definition) is 13. The van der Waals surface area contributed by atoms with Gasteiger partial charge in [0.15, 0.2) is 0 Å². The molecule has 0 aliphatic carbocycles. The third kappa shape index (κ3) is 44.5. The largest absolute Gasteiger partial charge is 0.464 e. The summed E-state index contributed by atoms with van der Waals surface area (Å²) in [7, 11) is 7.58. The van der Waals surface area contributed by atoms with Gasteiger partial charge in [-0.25, -0.2) is 0 Å². The van der Waals surface area contributed by atoms with Crippen molar-refractivity contribution in [3.8, 4) is 0 Å². The van der Waals surface area contributed by atoms with Gasteiger partial charge in [-0.15, -0.1) is 0 Å².